The van der Waals surface area contributed by atoms with Gasteiger partial charge >= 0.3 is 0 Å². The SMILES string of the molecule is CCC(C(=O)NC1CCCC1)N(Cc1cccc(OC)c1)C(=O)CCc1ccccc1. The maximum atomic E-state index is 13.3. The molecule has 0 heterocycles. The number of hydrogen-bond acceptors (Lipinski definition) is 3. The summed E-state index contributed by atoms with van der Waals surface area (Å²) in [6, 6.07) is 17.5. The summed E-state index contributed by atoms with van der Waals surface area (Å²) >= 11 is 0. The van der Waals surface area contributed by atoms with Crippen molar-refractivity contribution in [1.29, 1.82) is 0 Å². The second-order valence-electron chi connectivity index (χ2n) is 8.27. The molecule has 5 heteroatoms. The summed E-state index contributed by atoms with van der Waals surface area (Å²) in [6.45, 7) is 2.36. The maximum Gasteiger partial charge on any atom is 0.243 e. The van der Waals surface area contributed by atoms with Gasteiger partial charge in [-0.3, -0.25) is 9.59 Å². The van der Waals surface area contributed by atoms with Crippen molar-refractivity contribution in [3.8, 4) is 5.75 Å². The Morgan fingerprint density at radius 2 is 1.77 bits per heavy atom. The van der Waals surface area contributed by atoms with E-state index in [1.54, 1.807) is 12.0 Å². The van der Waals surface area contributed by atoms with Gasteiger partial charge in [-0.1, -0.05) is 62.2 Å². The zero-order valence-corrected chi connectivity index (χ0v) is 18.7. The summed E-state index contributed by atoms with van der Waals surface area (Å²) in [7, 11) is 1.63. The Morgan fingerprint density at radius 3 is 2.45 bits per heavy atom. The third kappa shape index (κ3) is 6.58. The first kappa shape index (κ1) is 22.9. The van der Waals surface area contributed by atoms with Gasteiger partial charge < -0.3 is 15.0 Å². The van der Waals surface area contributed by atoms with Gasteiger partial charge in [0, 0.05) is 19.0 Å². The number of carbonyl (C=O) groups is 2. The van der Waals surface area contributed by atoms with Crippen LogP contribution in [0.25, 0.3) is 0 Å². The van der Waals surface area contributed by atoms with Crippen molar-refractivity contribution >= 4 is 11.8 Å². The summed E-state index contributed by atoms with van der Waals surface area (Å²) in [5, 5.41) is 3.19. The van der Waals surface area contributed by atoms with Gasteiger partial charge in [-0.05, 0) is 48.9 Å². The minimum absolute atomic E-state index is 0.0000879. The van der Waals surface area contributed by atoms with E-state index in [0.29, 0.717) is 25.8 Å². The van der Waals surface area contributed by atoms with Gasteiger partial charge in [0.25, 0.3) is 0 Å². The first-order chi connectivity index (χ1) is 15.1. The number of ether oxygens (including phenoxy) is 1. The molecule has 0 saturated heterocycles. The summed E-state index contributed by atoms with van der Waals surface area (Å²) < 4.78 is 5.34. The summed E-state index contributed by atoms with van der Waals surface area (Å²) in [4.78, 5) is 28.2. The van der Waals surface area contributed by atoms with Crippen LogP contribution in [0.2, 0.25) is 0 Å². The van der Waals surface area contributed by atoms with Crippen LogP contribution < -0.4 is 10.1 Å². The van der Waals surface area contributed by atoms with Crippen molar-refractivity contribution < 1.29 is 14.3 Å². The van der Waals surface area contributed by atoms with Gasteiger partial charge in [0.15, 0.2) is 0 Å². The van der Waals surface area contributed by atoms with E-state index in [-0.39, 0.29) is 17.9 Å². The lowest BCUT2D eigenvalue weighted by Gasteiger charge is -2.31. The van der Waals surface area contributed by atoms with Crippen LogP contribution in [0.1, 0.15) is 56.6 Å². The molecular formula is C26H34N2O3. The Bertz CT molecular complexity index is 847. The molecule has 2 aromatic carbocycles. The molecule has 2 amide bonds. The molecule has 5 nitrogen and oxygen atoms in total. The van der Waals surface area contributed by atoms with Crippen molar-refractivity contribution in [2.45, 2.75) is 70.5 Å². The topological polar surface area (TPSA) is 58.6 Å². The Morgan fingerprint density at radius 1 is 1.06 bits per heavy atom. The highest BCUT2D eigenvalue weighted by Gasteiger charge is 2.30. The van der Waals surface area contributed by atoms with E-state index < -0.39 is 6.04 Å². The highest BCUT2D eigenvalue weighted by Crippen LogP contribution is 2.21. The van der Waals surface area contributed by atoms with Crippen LogP contribution in [0.5, 0.6) is 5.75 Å². The molecule has 0 spiro atoms. The number of benzene rings is 2. The Kier molecular flexibility index (Phi) is 8.51. The molecule has 1 aliphatic rings. The molecule has 1 atom stereocenters. The first-order valence-electron chi connectivity index (χ1n) is 11.4. The lowest BCUT2D eigenvalue weighted by molar-refractivity contribution is -0.141. The third-order valence-electron chi connectivity index (χ3n) is 6.04. The maximum absolute atomic E-state index is 13.3. The fraction of sp³-hybridized carbons (Fsp3) is 0.462. The van der Waals surface area contributed by atoms with Gasteiger partial charge in [-0.25, -0.2) is 0 Å². The van der Waals surface area contributed by atoms with Crippen LogP contribution in [0.3, 0.4) is 0 Å². The fourth-order valence-corrected chi connectivity index (χ4v) is 4.29. The number of rotatable bonds is 10. The summed E-state index contributed by atoms with van der Waals surface area (Å²) in [5.74, 6) is 0.711. The van der Waals surface area contributed by atoms with E-state index in [1.165, 1.54) is 0 Å². The zero-order valence-electron chi connectivity index (χ0n) is 18.7. The fourth-order valence-electron chi connectivity index (χ4n) is 4.29. The van der Waals surface area contributed by atoms with Crippen LogP contribution in [0, 0.1) is 0 Å². The van der Waals surface area contributed by atoms with Gasteiger partial charge in [0.05, 0.1) is 7.11 Å². The molecule has 31 heavy (non-hydrogen) atoms. The normalized spacial score (nSPS) is 14.8. The van der Waals surface area contributed by atoms with Crippen molar-refractivity contribution in [2.75, 3.05) is 7.11 Å². The van der Waals surface area contributed by atoms with E-state index in [0.717, 1.165) is 42.6 Å². The van der Waals surface area contributed by atoms with Crippen LogP contribution in [0.15, 0.2) is 54.6 Å². The molecular weight excluding hydrogens is 388 g/mol. The quantitative estimate of drug-likeness (QED) is 0.614. The Balaban J connectivity index is 1.76. The standard InChI is InChI=1S/C26H34N2O3/c1-3-24(26(30)27-22-13-7-8-14-22)28(19-21-12-9-15-23(18-21)31-2)25(29)17-16-20-10-5-4-6-11-20/h4-6,9-12,15,18,22,24H,3,7-8,13-14,16-17,19H2,1-2H3,(H,27,30). The van der Waals surface area contributed by atoms with Crippen LogP contribution >= 0.6 is 0 Å². The number of hydrogen-bond donors (Lipinski definition) is 1. The lowest BCUT2D eigenvalue weighted by Crippen LogP contribution is -2.51. The third-order valence-corrected chi connectivity index (χ3v) is 6.04. The summed E-state index contributed by atoms with van der Waals surface area (Å²) in [5.41, 5.74) is 2.08. The number of methoxy groups -OCH3 is 1. The number of amides is 2. The minimum atomic E-state index is -0.477. The van der Waals surface area contributed by atoms with Crippen LogP contribution in [-0.2, 0) is 22.6 Å². The molecule has 0 aliphatic heterocycles. The second-order valence-corrected chi connectivity index (χ2v) is 8.27. The van der Waals surface area contributed by atoms with Crippen molar-refractivity contribution in [3.05, 3.63) is 65.7 Å². The number of carbonyl (C=O) groups excluding carboxylic acids is 2. The molecule has 1 saturated carbocycles. The average Bonchev–Trinajstić information content (AvgIpc) is 3.31. The Labute approximate surface area is 185 Å². The lowest BCUT2D eigenvalue weighted by atomic mass is 10.1. The van der Waals surface area contributed by atoms with Crippen molar-refractivity contribution in [3.63, 3.8) is 0 Å². The van der Waals surface area contributed by atoms with E-state index in [9.17, 15) is 9.59 Å². The minimum Gasteiger partial charge on any atom is -0.497 e. The molecule has 3 rings (SSSR count). The van der Waals surface area contributed by atoms with E-state index in [1.807, 2.05) is 61.5 Å². The van der Waals surface area contributed by atoms with Crippen LogP contribution in [0.4, 0.5) is 0 Å². The number of nitrogens with one attached hydrogen (secondary N) is 1. The molecule has 0 aromatic heterocycles. The molecule has 2 aromatic rings. The zero-order chi connectivity index (χ0) is 22.1. The molecule has 1 unspecified atom stereocenters. The van der Waals surface area contributed by atoms with Crippen molar-refractivity contribution in [2.24, 2.45) is 0 Å². The smallest absolute Gasteiger partial charge is 0.243 e. The van der Waals surface area contributed by atoms with E-state index in [2.05, 4.69) is 5.32 Å². The van der Waals surface area contributed by atoms with Crippen LogP contribution in [-0.4, -0.2) is 35.9 Å². The monoisotopic (exact) mass is 422 g/mol. The molecule has 166 valence electrons. The highest BCUT2D eigenvalue weighted by atomic mass is 16.5. The molecule has 1 aliphatic carbocycles. The molecule has 0 bridgehead atoms. The van der Waals surface area contributed by atoms with Crippen molar-refractivity contribution in [1.82, 2.24) is 10.2 Å². The van der Waals surface area contributed by atoms with E-state index in [4.69, 9.17) is 4.74 Å². The van der Waals surface area contributed by atoms with Gasteiger partial charge in [0.2, 0.25) is 11.8 Å². The average molecular weight is 423 g/mol. The van der Waals surface area contributed by atoms with Gasteiger partial charge in [-0.15, -0.1) is 0 Å². The van der Waals surface area contributed by atoms with Gasteiger partial charge in [0.1, 0.15) is 11.8 Å². The predicted molar refractivity (Wildman–Crippen MR) is 123 cm³/mol. The predicted octanol–water partition coefficient (Wildman–Crippen LogP) is 4.49. The largest absolute Gasteiger partial charge is 0.497 e. The van der Waals surface area contributed by atoms with Gasteiger partial charge in [-0.2, -0.15) is 0 Å². The molecule has 1 fully saturated rings. The summed E-state index contributed by atoms with van der Waals surface area (Å²) in [6.07, 6.45) is 5.99. The molecule has 0 radical (unpaired) electrons. The Hall–Kier alpha value is -2.82. The number of aryl methyl sites for hydroxylation is 1. The number of nitrogens with zero attached hydrogens (tertiary/aromatic N) is 1. The molecule has 1 N–H and O–H groups in total. The van der Waals surface area contributed by atoms with E-state index >= 15 is 0 Å². The second kappa shape index (κ2) is 11.5. The first-order valence-corrected chi connectivity index (χ1v) is 11.4. The highest BCUT2D eigenvalue weighted by molar-refractivity contribution is 5.88.